The molecule has 8 nitrogen and oxygen atoms in total. The fourth-order valence-electron chi connectivity index (χ4n) is 13.8. The first-order valence-corrected chi connectivity index (χ1v) is 21.9. The molecule has 9 atom stereocenters. The monoisotopic (exact) mass is 793 g/mol. The molecule has 0 heterocycles. The molecule has 318 valence electrons. The molecule has 5 aliphatic carbocycles. The molecule has 0 amide bonds. The number of halogens is 1. The van der Waals surface area contributed by atoms with Gasteiger partial charge < -0.3 is 19.8 Å². The van der Waals surface area contributed by atoms with Crippen molar-refractivity contribution in [2.45, 2.75) is 145 Å². The summed E-state index contributed by atoms with van der Waals surface area (Å²) < 4.78 is 20.0. The molecule has 3 unspecified atom stereocenters. The molecule has 2 N–H and O–H groups in total. The highest BCUT2D eigenvalue weighted by Crippen LogP contribution is 2.77. The Balaban J connectivity index is 1.29. The van der Waals surface area contributed by atoms with Gasteiger partial charge in [-0.25, -0.2) is 4.39 Å². The Labute approximate surface area is 342 Å². The Bertz CT molecular complexity index is 1740. The Kier molecular flexibility index (Phi) is 11.9. The average molecular weight is 793 g/mol. The van der Waals surface area contributed by atoms with E-state index in [2.05, 4.69) is 72.4 Å². The Morgan fingerprint density at radius 3 is 2.19 bits per heavy atom. The molecule has 5 aliphatic rings. The van der Waals surface area contributed by atoms with Crippen LogP contribution in [-0.4, -0.2) is 83.7 Å². The van der Waals surface area contributed by atoms with Gasteiger partial charge in [-0.2, -0.15) is 0 Å². The normalized spacial score (nSPS) is 35.5. The third kappa shape index (κ3) is 7.47. The van der Waals surface area contributed by atoms with Crippen LogP contribution >= 0.6 is 0 Å². The standard InChI is InChI=1S/C48H73FN2O6/c1-30(2)40-34(52)26-48(37(53)29-51(25-24-50(10)11)28-31-12-14-32(49)15-13-31)23-22-46(8)33(41(40)48)16-17-36-45(7)20-19-38(57-39(54)27-43(3,4)42(55)56)44(5,6)35(45)18-21-47(36,46)9/h12-15,30,33,35-38,53H,16-29H2,1-11H3,(H,55,56)/t33-,35?,36-,37?,38+,45+,46-,47-,48?/m1/s1. The number of fused-ring (bicyclic) bond motifs is 7. The molecular weight excluding hydrogens is 720 g/mol. The number of ether oxygens (including phenoxy) is 1. The van der Waals surface area contributed by atoms with Gasteiger partial charge in [0.05, 0.1) is 17.9 Å². The number of carbonyl (C=O) groups excluding carboxylic acids is 2. The van der Waals surface area contributed by atoms with E-state index in [4.69, 9.17) is 4.74 Å². The first kappa shape index (κ1) is 43.9. The largest absolute Gasteiger partial charge is 0.481 e. The number of rotatable bonds is 13. The minimum Gasteiger partial charge on any atom is -0.481 e. The summed E-state index contributed by atoms with van der Waals surface area (Å²) in [6, 6.07) is 6.65. The number of hydrogen-bond acceptors (Lipinski definition) is 7. The highest BCUT2D eigenvalue weighted by atomic mass is 19.1. The summed E-state index contributed by atoms with van der Waals surface area (Å²) in [6.45, 7) is 22.2. The number of aliphatic hydroxyl groups is 1. The van der Waals surface area contributed by atoms with Gasteiger partial charge in [0.2, 0.25) is 0 Å². The van der Waals surface area contributed by atoms with Gasteiger partial charge in [0, 0.05) is 43.4 Å². The van der Waals surface area contributed by atoms with E-state index in [1.807, 2.05) is 12.1 Å². The van der Waals surface area contributed by atoms with Crippen LogP contribution < -0.4 is 0 Å². The predicted octanol–water partition coefficient (Wildman–Crippen LogP) is 8.94. The topological polar surface area (TPSA) is 107 Å². The van der Waals surface area contributed by atoms with E-state index >= 15 is 0 Å². The number of carboxylic acids is 1. The maximum absolute atomic E-state index is 14.3. The van der Waals surface area contributed by atoms with Crippen molar-refractivity contribution in [1.29, 1.82) is 0 Å². The van der Waals surface area contributed by atoms with E-state index in [-0.39, 0.29) is 57.6 Å². The molecule has 6 rings (SSSR count). The van der Waals surface area contributed by atoms with Crippen molar-refractivity contribution in [3.63, 3.8) is 0 Å². The number of hydrogen-bond donors (Lipinski definition) is 2. The van der Waals surface area contributed by atoms with E-state index in [1.165, 1.54) is 17.7 Å². The fourth-order valence-corrected chi connectivity index (χ4v) is 13.8. The van der Waals surface area contributed by atoms with Crippen LogP contribution in [0.4, 0.5) is 4.39 Å². The summed E-state index contributed by atoms with van der Waals surface area (Å²) in [5.41, 5.74) is 1.21. The molecule has 57 heavy (non-hydrogen) atoms. The number of benzene rings is 1. The highest BCUT2D eigenvalue weighted by molar-refractivity contribution is 6.00. The van der Waals surface area contributed by atoms with Crippen molar-refractivity contribution in [1.82, 2.24) is 9.80 Å². The number of allylic oxidation sites excluding steroid dienone is 1. The Morgan fingerprint density at radius 2 is 1.58 bits per heavy atom. The van der Waals surface area contributed by atoms with Gasteiger partial charge in [-0.05, 0) is 142 Å². The number of nitrogens with zero attached hydrogens (tertiary/aromatic N) is 2. The van der Waals surface area contributed by atoms with E-state index < -0.39 is 28.9 Å². The third-order valence-corrected chi connectivity index (χ3v) is 17.1. The maximum Gasteiger partial charge on any atom is 0.309 e. The average Bonchev–Trinajstić information content (AvgIpc) is 3.42. The molecule has 0 radical (unpaired) electrons. The molecular formula is C48H73FN2O6. The number of ketones is 1. The second-order valence-corrected chi connectivity index (χ2v) is 21.7. The van der Waals surface area contributed by atoms with Crippen LogP contribution in [0.25, 0.3) is 0 Å². The summed E-state index contributed by atoms with van der Waals surface area (Å²) in [4.78, 5) is 43.7. The van der Waals surface area contributed by atoms with Gasteiger partial charge in [0.15, 0.2) is 5.78 Å². The van der Waals surface area contributed by atoms with Crippen LogP contribution in [0.3, 0.4) is 0 Å². The summed E-state index contributed by atoms with van der Waals surface area (Å²) in [5.74, 6) is -0.380. The quantitative estimate of drug-likeness (QED) is 0.191. The number of esters is 1. The smallest absolute Gasteiger partial charge is 0.309 e. The molecule has 9 heteroatoms. The van der Waals surface area contributed by atoms with Crippen LogP contribution in [-0.2, 0) is 25.7 Å². The zero-order valence-corrected chi connectivity index (χ0v) is 37.0. The lowest BCUT2D eigenvalue weighted by Gasteiger charge is -2.72. The number of aliphatic carboxylic acids is 1. The SMILES string of the molecule is CC(C)C1=C2[C@H]3CC[C@@H]4[C@@]5(C)CC[C@H](OC(=O)CC(C)(C)C(=O)O)C(C)(C)C5CC[C@@]4(C)[C@]3(C)CCC2(C(O)CN(CCN(C)C)Cc2ccc(F)cc2)CC1=O. The molecule has 0 aliphatic heterocycles. The molecule has 1 aromatic rings. The van der Waals surface area contributed by atoms with Crippen molar-refractivity contribution in [3.8, 4) is 0 Å². The minimum atomic E-state index is -1.18. The Morgan fingerprint density at radius 1 is 0.912 bits per heavy atom. The Hall–Kier alpha value is -2.62. The van der Waals surface area contributed by atoms with E-state index in [0.717, 1.165) is 75.6 Å². The van der Waals surface area contributed by atoms with E-state index in [9.17, 15) is 29.0 Å². The van der Waals surface area contributed by atoms with Crippen molar-refractivity contribution >= 4 is 17.7 Å². The third-order valence-electron chi connectivity index (χ3n) is 17.1. The second kappa shape index (κ2) is 15.4. The molecule has 0 bridgehead atoms. The van der Waals surface area contributed by atoms with Crippen LogP contribution in [0.2, 0.25) is 0 Å². The zero-order chi connectivity index (χ0) is 42.1. The summed E-state index contributed by atoms with van der Waals surface area (Å²) >= 11 is 0. The maximum atomic E-state index is 14.3. The van der Waals surface area contributed by atoms with Crippen LogP contribution in [0, 0.1) is 62.0 Å². The van der Waals surface area contributed by atoms with Crippen LogP contribution in [0.5, 0.6) is 0 Å². The lowest BCUT2D eigenvalue weighted by Crippen LogP contribution is -2.66. The summed E-state index contributed by atoms with van der Waals surface area (Å²) in [7, 11) is 4.10. The van der Waals surface area contributed by atoms with E-state index in [0.29, 0.717) is 31.3 Å². The van der Waals surface area contributed by atoms with Crippen molar-refractivity contribution in [2.24, 2.45) is 56.2 Å². The van der Waals surface area contributed by atoms with Gasteiger partial charge in [-0.15, -0.1) is 0 Å². The zero-order valence-electron chi connectivity index (χ0n) is 37.0. The lowest BCUT2D eigenvalue weighted by atomic mass is 9.33. The summed E-state index contributed by atoms with van der Waals surface area (Å²) in [5, 5.41) is 22.3. The van der Waals surface area contributed by atoms with Gasteiger partial charge in [-0.3, -0.25) is 19.3 Å². The highest BCUT2D eigenvalue weighted by Gasteiger charge is 2.71. The number of Topliss-reactive ketones (excluding diaryl/α,β-unsaturated/α-hetero) is 1. The van der Waals surface area contributed by atoms with Gasteiger partial charge in [0.1, 0.15) is 11.9 Å². The lowest BCUT2D eigenvalue weighted by molar-refractivity contribution is -0.235. The minimum absolute atomic E-state index is 0.0183. The molecule has 0 saturated heterocycles. The van der Waals surface area contributed by atoms with Crippen molar-refractivity contribution in [2.75, 3.05) is 33.7 Å². The van der Waals surface area contributed by atoms with Gasteiger partial charge in [0.25, 0.3) is 0 Å². The number of aliphatic hydroxyl groups excluding tert-OH is 1. The van der Waals surface area contributed by atoms with Crippen molar-refractivity contribution in [3.05, 3.63) is 46.8 Å². The van der Waals surface area contributed by atoms with E-state index in [1.54, 1.807) is 13.8 Å². The number of likely N-dealkylation sites (N-methyl/N-ethyl adjacent to an activating group) is 1. The molecule has 1 aromatic carbocycles. The molecule has 0 spiro atoms. The molecule has 0 aromatic heterocycles. The van der Waals surface area contributed by atoms with Crippen LogP contribution in [0.1, 0.15) is 132 Å². The molecule has 4 saturated carbocycles. The molecule has 4 fully saturated rings. The first-order valence-electron chi connectivity index (χ1n) is 21.9. The number of carboxylic acid groups (broad SMARTS) is 1. The predicted molar refractivity (Wildman–Crippen MR) is 222 cm³/mol. The van der Waals surface area contributed by atoms with Crippen molar-refractivity contribution < 1.29 is 33.7 Å². The second-order valence-electron chi connectivity index (χ2n) is 21.7. The van der Waals surface area contributed by atoms with Gasteiger partial charge in [-0.1, -0.05) is 66.2 Å². The van der Waals surface area contributed by atoms with Crippen LogP contribution in [0.15, 0.2) is 35.4 Å². The first-order chi connectivity index (χ1) is 26.4. The number of carbonyl (C=O) groups is 3. The summed E-state index contributed by atoms with van der Waals surface area (Å²) in [6.07, 6.45) is 6.88. The van der Waals surface area contributed by atoms with Gasteiger partial charge >= 0.3 is 11.9 Å². The fraction of sp³-hybridized carbons (Fsp3) is 0.771.